The summed E-state index contributed by atoms with van der Waals surface area (Å²) >= 11 is 0. The zero-order chi connectivity index (χ0) is 12.0. The van der Waals surface area contributed by atoms with Crippen LogP contribution in [0.2, 0.25) is 0 Å². The third-order valence-electron chi connectivity index (χ3n) is 3.80. The summed E-state index contributed by atoms with van der Waals surface area (Å²) in [5.41, 5.74) is 5.55. The number of likely N-dealkylation sites (tertiary alicyclic amines) is 1. The molecule has 0 aromatic rings. The van der Waals surface area contributed by atoms with Crippen LogP contribution in [0.15, 0.2) is 0 Å². The molecule has 1 heterocycles. The summed E-state index contributed by atoms with van der Waals surface area (Å²) in [7, 11) is 0. The van der Waals surface area contributed by atoms with Crippen LogP contribution in [0.4, 0.5) is 0 Å². The maximum atomic E-state index is 11.9. The van der Waals surface area contributed by atoms with Crippen LogP contribution in [0.25, 0.3) is 0 Å². The second-order valence-corrected chi connectivity index (χ2v) is 5.11. The maximum absolute atomic E-state index is 11.9. The smallest absolute Gasteiger partial charge is 0.222 e. The van der Waals surface area contributed by atoms with Crippen molar-refractivity contribution >= 4 is 5.91 Å². The molecule has 0 spiro atoms. The van der Waals surface area contributed by atoms with Gasteiger partial charge in [0.1, 0.15) is 0 Å². The second kappa shape index (κ2) is 6.89. The van der Waals surface area contributed by atoms with E-state index in [-0.39, 0.29) is 0 Å². The third-order valence-corrected chi connectivity index (χ3v) is 3.80. The summed E-state index contributed by atoms with van der Waals surface area (Å²) in [4.78, 5) is 13.9. The number of amides is 1. The Labute approximate surface area is 99.4 Å². The molecule has 2 N–H and O–H groups in total. The highest BCUT2D eigenvalue weighted by Crippen LogP contribution is 2.20. The summed E-state index contributed by atoms with van der Waals surface area (Å²) in [6.07, 6.45) is 5.24. The van der Waals surface area contributed by atoms with Crippen LogP contribution in [-0.2, 0) is 4.79 Å². The second-order valence-electron chi connectivity index (χ2n) is 5.11. The Bertz CT molecular complexity index is 210. The van der Waals surface area contributed by atoms with Gasteiger partial charge in [0.05, 0.1) is 0 Å². The summed E-state index contributed by atoms with van der Waals surface area (Å²) in [5.74, 6) is 1.64. The zero-order valence-electron chi connectivity index (χ0n) is 10.7. The van der Waals surface area contributed by atoms with Gasteiger partial charge in [0.2, 0.25) is 5.91 Å². The Morgan fingerprint density at radius 2 is 2.06 bits per heavy atom. The number of piperidine rings is 1. The Balaban J connectivity index is 2.22. The SMILES string of the molecule is CCC1CCN(C(=O)CCC(C)CN)CC1. The zero-order valence-corrected chi connectivity index (χ0v) is 10.7. The van der Waals surface area contributed by atoms with E-state index in [0.717, 1.165) is 25.4 Å². The van der Waals surface area contributed by atoms with Crippen LogP contribution in [0, 0.1) is 11.8 Å². The lowest BCUT2D eigenvalue weighted by Crippen LogP contribution is -2.38. The number of nitrogens with two attached hydrogens (primary N) is 1. The molecule has 1 amide bonds. The van der Waals surface area contributed by atoms with Gasteiger partial charge in [-0.1, -0.05) is 20.3 Å². The van der Waals surface area contributed by atoms with E-state index < -0.39 is 0 Å². The van der Waals surface area contributed by atoms with Crippen molar-refractivity contribution in [3.05, 3.63) is 0 Å². The fourth-order valence-corrected chi connectivity index (χ4v) is 2.24. The molecule has 0 aromatic carbocycles. The lowest BCUT2D eigenvalue weighted by molar-refractivity contribution is -0.132. The molecule has 1 saturated heterocycles. The summed E-state index contributed by atoms with van der Waals surface area (Å²) in [6.45, 7) is 6.97. The molecule has 1 rings (SSSR count). The van der Waals surface area contributed by atoms with Crippen molar-refractivity contribution in [1.29, 1.82) is 0 Å². The van der Waals surface area contributed by atoms with E-state index in [1.165, 1.54) is 19.3 Å². The Kier molecular flexibility index (Phi) is 5.81. The van der Waals surface area contributed by atoms with Crippen LogP contribution in [0.1, 0.15) is 46.0 Å². The lowest BCUT2D eigenvalue weighted by Gasteiger charge is -2.31. The summed E-state index contributed by atoms with van der Waals surface area (Å²) < 4.78 is 0. The van der Waals surface area contributed by atoms with E-state index in [0.29, 0.717) is 24.8 Å². The van der Waals surface area contributed by atoms with Crippen molar-refractivity contribution in [2.24, 2.45) is 17.6 Å². The molecule has 1 fully saturated rings. The number of hydrogen-bond acceptors (Lipinski definition) is 2. The predicted molar refractivity (Wildman–Crippen MR) is 67.0 cm³/mol. The van der Waals surface area contributed by atoms with Gasteiger partial charge in [0, 0.05) is 19.5 Å². The molecular weight excluding hydrogens is 200 g/mol. The minimum atomic E-state index is 0.329. The maximum Gasteiger partial charge on any atom is 0.222 e. The fraction of sp³-hybridized carbons (Fsp3) is 0.923. The molecular formula is C13H26N2O. The van der Waals surface area contributed by atoms with E-state index >= 15 is 0 Å². The number of rotatable bonds is 5. The van der Waals surface area contributed by atoms with Crippen molar-refractivity contribution in [2.75, 3.05) is 19.6 Å². The van der Waals surface area contributed by atoms with Crippen molar-refractivity contribution < 1.29 is 4.79 Å². The van der Waals surface area contributed by atoms with Gasteiger partial charge in [0.15, 0.2) is 0 Å². The highest BCUT2D eigenvalue weighted by atomic mass is 16.2. The monoisotopic (exact) mass is 226 g/mol. The van der Waals surface area contributed by atoms with Crippen molar-refractivity contribution in [2.45, 2.75) is 46.0 Å². The first-order chi connectivity index (χ1) is 7.67. The minimum absolute atomic E-state index is 0.329. The van der Waals surface area contributed by atoms with Gasteiger partial charge >= 0.3 is 0 Å². The van der Waals surface area contributed by atoms with E-state index in [1.807, 2.05) is 4.90 Å². The van der Waals surface area contributed by atoms with Gasteiger partial charge in [-0.2, -0.15) is 0 Å². The third kappa shape index (κ3) is 4.12. The first-order valence-electron chi connectivity index (χ1n) is 6.65. The molecule has 3 heteroatoms. The summed E-state index contributed by atoms with van der Waals surface area (Å²) in [5, 5.41) is 0. The number of hydrogen-bond donors (Lipinski definition) is 1. The largest absolute Gasteiger partial charge is 0.343 e. The molecule has 94 valence electrons. The van der Waals surface area contributed by atoms with Gasteiger partial charge in [0.25, 0.3) is 0 Å². The first kappa shape index (κ1) is 13.5. The van der Waals surface area contributed by atoms with Crippen molar-refractivity contribution in [3.63, 3.8) is 0 Å². The molecule has 1 aliphatic heterocycles. The van der Waals surface area contributed by atoms with E-state index in [2.05, 4.69) is 13.8 Å². The van der Waals surface area contributed by atoms with Gasteiger partial charge in [-0.05, 0) is 37.6 Å². The number of nitrogens with zero attached hydrogens (tertiary/aromatic N) is 1. The molecule has 3 nitrogen and oxygen atoms in total. The Morgan fingerprint density at radius 3 is 2.56 bits per heavy atom. The van der Waals surface area contributed by atoms with E-state index in [4.69, 9.17) is 5.73 Å². The van der Waals surface area contributed by atoms with Crippen molar-refractivity contribution in [3.8, 4) is 0 Å². The van der Waals surface area contributed by atoms with Gasteiger partial charge in [-0.15, -0.1) is 0 Å². The van der Waals surface area contributed by atoms with Crippen LogP contribution in [-0.4, -0.2) is 30.4 Å². The van der Waals surface area contributed by atoms with Crippen LogP contribution < -0.4 is 5.73 Å². The molecule has 1 unspecified atom stereocenters. The normalized spacial score (nSPS) is 19.8. The average molecular weight is 226 g/mol. The molecule has 0 bridgehead atoms. The fourth-order valence-electron chi connectivity index (χ4n) is 2.24. The van der Waals surface area contributed by atoms with E-state index in [9.17, 15) is 4.79 Å². The molecule has 1 aliphatic rings. The van der Waals surface area contributed by atoms with Crippen LogP contribution >= 0.6 is 0 Å². The lowest BCUT2D eigenvalue weighted by atomic mass is 9.94. The first-order valence-corrected chi connectivity index (χ1v) is 6.65. The van der Waals surface area contributed by atoms with Gasteiger partial charge in [-0.3, -0.25) is 4.79 Å². The van der Waals surface area contributed by atoms with E-state index in [1.54, 1.807) is 0 Å². The van der Waals surface area contributed by atoms with Crippen LogP contribution in [0.3, 0.4) is 0 Å². The number of carbonyl (C=O) groups is 1. The minimum Gasteiger partial charge on any atom is -0.343 e. The molecule has 0 saturated carbocycles. The topological polar surface area (TPSA) is 46.3 Å². The summed E-state index contributed by atoms with van der Waals surface area (Å²) in [6, 6.07) is 0. The molecule has 0 radical (unpaired) electrons. The quantitative estimate of drug-likeness (QED) is 0.779. The Hall–Kier alpha value is -0.570. The highest BCUT2D eigenvalue weighted by Gasteiger charge is 2.21. The standard InChI is InChI=1S/C13H26N2O/c1-3-12-6-8-15(9-7-12)13(16)5-4-11(2)10-14/h11-12H,3-10,14H2,1-2H3. The molecule has 0 aromatic heterocycles. The average Bonchev–Trinajstić information content (AvgIpc) is 2.35. The van der Waals surface area contributed by atoms with Gasteiger partial charge in [-0.25, -0.2) is 0 Å². The molecule has 0 aliphatic carbocycles. The Morgan fingerprint density at radius 1 is 1.44 bits per heavy atom. The molecule has 16 heavy (non-hydrogen) atoms. The highest BCUT2D eigenvalue weighted by molar-refractivity contribution is 5.76. The van der Waals surface area contributed by atoms with Gasteiger partial charge < -0.3 is 10.6 Å². The number of carbonyl (C=O) groups excluding carboxylic acids is 1. The molecule has 1 atom stereocenters. The van der Waals surface area contributed by atoms with Crippen molar-refractivity contribution in [1.82, 2.24) is 4.90 Å². The van der Waals surface area contributed by atoms with Crippen LogP contribution in [0.5, 0.6) is 0 Å². The predicted octanol–water partition coefficient (Wildman–Crippen LogP) is 2.01.